The molecule has 2 N–H and O–H groups in total. The van der Waals surface area contributed by atoms with Gasteiger partial charge < -0.3 is 20.1 Å². The number of carbonyl (C=O) groups excluding carboxylic acids is 1. The second-order valence-corrected chi connectivity index (χ2v) is 6.41. The molecule has 0 spiro atoms. The van der Waals surface area contributed by atoms with Crippen molar-refractivity contribution in [3.05, 3.63) is 29.8 Å². The summed E-state index contributed by atoms with van der Waals surface area (Å²) in [4.78, 5) is 12.3. The molecule has 1 aliphatic heterocycles. The van der Waals surface area contributed by atoms with Crippen LogP contribution in [0.1, 0.15) is 38.2 Å². The summed E-state index contributed by atoms with van der Waals surface area (Å²) in [6.07, 6.45) is 5.25. The van der Waals surface area contributed by atoms with Crippen LogP contribution in [0.4, 0.5) is 5.69 Å². The largest absolute Gasteiger partial charge is 0.375 e. The van der Waals surface area contributed by atoms with Gasteiger partial charge in [0, 0.05) is 12.2 Å². The van der Waals surface area contributed by atoms with Gasteiger partial charge in [-0.25, -0.2) is 0 Å². The Hall–Kier alpha value is -1.14. The molecular formula is C18H27ClN2O3. The van der Waals surface area contributed by atoms with Crippen molar-refractivity contribution in [2.45, 2.75) is 57.5 Å². The molecule has 1 amide bonds. The van der Waals surface area contributed by atoms with Gasteiger partial charge in [0.05, 0.1) is 25.4 Å². The van der Waals surface area contributed by atoms with Crippen LogP contribution >= 0.6 is 12.4 Å². The topological polar surface area (TPSA) is 59.6 Å². The number of hydrogen-bond donors (Lipinski definition) is 2. The Bertz CT molecular complexity index is 518. The summed E-state index contributed by atoms with van der Waals surface area (Å²) in [5.74, 6) is -0.0489. The van der Waals surface area contributed by atoms with Gasteiger partial charge in [0.25, 0.3) is 0 Å². The van der Waals surface area contributed by atoms with E-state index in [1.165, 1.54) is 25.7 Å². The van der Waals surface area contributed by atoms with Gasteiger partial charge >= 0.3 is 0 Å². The fourth-order valence-corrected chi connectivity index (χ4v) is 3.20. The summed E-state index contributed by atoms with van der Waals surface area (Å²) < 4.78 is 11.4. The first-order chi connectivity index (χ1) is 11.2. The molecule has 2 aliphatic rings. The third-order valence-corrected chi connectivity index (χ3v) is 4.61. The van der Waals surface area contributed by atoms with Gasteiger partial charge in [-0.2, -0.15) is 0 Å². The Morgan fingerprint density at radius 3 is 2.67 bits per heavy atom. The number of nitrogens with one attached hydrogen (secondary N) is 2. The molecule has 5 nitrogen and oxygen atoms in total. The van der Waals surface area contributed by atoms with Crippen LogP contribution in [0, 0.1) is 0 Å². The van der Waals surface area contributed by atoms with Crippen LogP contribution in [-0.2, 0) is 20.9 Å². The number of halogens is 1. The minimum atomic E-state index is -0.297. The monoisotopic (exact) mass is 354 g/mol. The van der Waals surface area contributed by atoms with E-state index in [9.17, 15) is 4.79 Å². The fourth-order valence-electron chi connectivity index (χ4n) is 3.20. The molecule has 1 aromatic rings. The lowest BCUT2D eigenvalue weighted by atomic mass is 10.1. The molecule has 1 aromatic carbocycles. The van der Waals surface area contributed by atoms with Crippen molar-refractivity contribution < 1.29 is 14.3 Å². The van der Waals surface area contributed by atoms with Gasteiger partial charge in [-0.1, -0.05) is 25.0 Å². The van der Waals surface area contributed by atoms with E-state index in [0.29, 0.717) is 25.9 Å². The van der Waals surface area contributed by atoms with Crippen LogP contribution in [0.5, 0.6) is 0 Å². The Labute approximate surface area is 149 Å². The van der Waals surface area contributed by atoms with Gasteiger partial charge in [-0.05, 0) is 37.5 Å². The molecule has 2 fully saturated rings. The molecule has 0 bridgehead atoms. The van der Waals surface area contributed by atoms with Crippen molar-refractivity contribution in [2.24, 2.45) is 0 Å². The molecule has 1 heterocycles. The maximum Gasteiger partial charge on any atom is 0.244 e. The summed E-state index contributed by atoms with van der Waals surface area (Å²) in [5.41, 5.74) is 1.95. The number of carbonyl (C=O) groups is 1. The number of ether oxygens (including phenoxy) is 2. The van der Waals surface area contributed by atoms with Gasteiger partial charge in [-0.15, -0.1) is 12.4 Å². The normalized spacial score (nSPS) is 24.4. The van der Waals surface area contributed by atoms with Crippen molar-refractivity contribution in [3.8, 4) is 0 Å². The van der Waals surface area contributed by atoms with Gasteiger partial charge in [0.1, 0.15) is 6.04 Å². The molecule has 0 aromatic heterocycles. The SMILES string of the molecule is C[C@H]1OCCN[C@@H]1C(=O)Nc1ccc(COC2CCCC2)cc1.Cl. The van der Waals surface area contributed by atoms with E-state index in [0.717, 1.165) is 11.3 Å². The quantitative estimate of drug-likeness (QED) is 0.853. The second kappa shape index (κ2) is 9.37. The third-order valence-electron chi connectivity index (χ3n) is 4.61. The van der Waals surface area contributed by atoms with Crippen molar-refractivity contribution in [3.63, 3.8) is 0 Å². The predicted octanol–water partition coefficient (Wildman–Crippen LogP) is 2.88. The van der Waals surface area contributed by atoms with E-state index < -0.39 is 0 Å². The Kier molecular flexibility index (Phi) is 7.49. The van der Waals surface area contributed by atoms with E-state index in [2.05, 4.69) is 10.6 Å². The van der Waals surface area contributed by atoms with Crippen LogP contribution in [0.2, 0.25) is 0 Å². The minimum Gasteiger partial charge on any atom is -0.375 e. The molecule has 1 saturated carbocycles. The van der Waals surface area contributed by atoms with Crippen LogP contribution in [0.3, 0.4) is 0 Å². The lowest BCUT2D eigenvalue weighted by Gasteiger charge is -2.29. The smallest absolute Gasteiger partial charge is 0.244 e. The Morgan fingerprint density at radius 2 is 2.00 bits per heavy atom. The molecule has 1 saturated heterocycles. The number of rotatable bonds is 5. The minimum absolute atomic E-state index is 0. The predicted molar refractivity (Wildman–Crippen MR) is 96.6 cm³/mol. The van der Waals surface area contributed by atoms with Crippen LogP contribution < -0.4 is 10.6 Å². The average molecular weight is 355 g/mol. The molecule has 3 rings (SSSR count). The molecule has 1 aliphatic carbocycles. The van der Waals surface area contributed by atoms with E-state index in [4.69, 9.17) is 9.47 Å². The first-order valence-corrected chi connectivity index (χ1v) is 8.59. The van der Waals surface area contributed by atoms with E-state index in [1.54, 1.807) is 0 Å². The zero-order chi connectivity index (χ0) is 16.1. The highest BCUT2D eigenvalue weighted by atomic mass is 35.5. The third kappa shape index (κ3) is 5.18. The first-order valence-electron chi connectivity index (χ1n) is 8.59. The van der Waals surface area contributed by atoms with E-state index in [1.807, 2.05) is 31.2 Å². The molecule has 0 unspecified atom stereocenters. The van der Waals surface area contributed by atoms with Gasteiger partial charge in [0.15, 0.2) is 0 Å². The van der Waals surface area contributed by atoms with Gasteiger partial charge in [0.2, 0.25) is 5.91 Å². The molecule has 0 radical (unpaired) electrons. The number of benzene rings is 1. The maximum absolute atomic E-state index is 12.3. The second-order valence-electron chi connectivity index (χ2n) is 6.41. The van der Waals surface area contributed by atoms with E-state index >= 15 is 0 Å². The average Bonchev–Trinajstić information content (AvgIpc) is 3.08. The zero-order valence-corrected chi connectivity index (χ0v) is 14.9. The van der Waals surface area contributed by atoms with Crippen molar-refractivity contribution in [1.82, 2.24) is 5.32 Å². The summed E-state index contributed by atoms with van der Waals surface area (Å²) >= 11 is 0. The maximum atomic E-state index is 12.3. The molecule has 24 heavy (non-hydrogen) atoms. The summed E-state index contributed by atoms with van der Waals surface area (Å²) in [5, 5.41) is 6.14. The van der Waals surface area contributed by atoms with Crippen molar-refractivity contribution in [1.29, 1.82) is 0 Å². The summed E-state index contributed by atoms with van der Waals surface area (Å²) in [7, 11) is 0. The molecular weight excluding hydrogens is 328 g/mol. The highest BCUT2D eigenvalue weighted by molar-refractivity contribution is 5.95. The van der Waals surface area contributed by atoms with Crippen LogP contribution in [0.15, 0.2) is 24.3 Å². The van der Waals surface area contributed by atoms with Crippen molar-refractivity contribution >= 4 is 24.0 Å². The highest BCUT2D eigenvalue weighted by Crippen LogP contribution is 2.22. The van der Waals surface area contributed by atoms with Crippen LogP contribution in [-0.4, -0.2) is 37.3 Å². The number of morpholine rings is 1. The summed E-state index contributed by atoms with van der Waals surface area (Å²) in [6, 6.07) is 7.59. The van der Waals surface area contributed by atoms with Crippen molar-refractivity contribution in [2.75, 3.05) is 18.5 Å². The standard InChI is InChI=1S/C18H26N2O3.ClH/c1-13-17(19-10-11-22-13)18(21)20-15-8-6-14(7-9-15)12-23-16-4-2-3-5-16;/h6-9,13,16-17,19H,2-5,10-12H2,1H3,(H,20,21);1H/t13-,17+;/m1./s1. The van der Waals surface area contributed by atoms with Crippen LogP contribution in [0.25, 0.3) is 0 Å². The molecule has 134 valence electrons. The Morgan fingerprint density at radius 1 is 1.29 bits per heavy atom. The number of hydrogen-bond acceptors (Lipinski definition) is 4. The summed E-state index contributed by atoms with van der Waals surface area (Å²) in [6.45, 7) is 3.92. The molecule has 6 heteroatoms. The van der Waals surface area contributed by atoms with E-state index in [-0.39, 0.29) is 30.5 Å². The first kappa shape index (κ1) is 19.2. The number of amides is 1. The lowest BCUT2D eigenvalue weighted by Crippen LogP contribution is -2.53. The lowest BCUT2D eigenvalue weighted by molar-refractivity contribution is -0.123. The number of anilines is 1. The molecule has 2 atom stereocenters. The zero-order valence-electron chi connectivity index (χ0n) is 14.1. The highest BCUT2D eigenvalue weighted by Gasteiger charge is 2.28. The van der Waals surface area contributed by atoms with Gasteiger partial charge in [-0.3, -0.25) is 4.79 Å². The fraction of sp³-hybridized carbons (Fsp3) is 0.611. The Balaban J connectivity index is 0.00000208.